The second-order valence-corrected chi connectivity index (χ2v) is 9.54. The summed E-state index contributed by atoms with van der Waals surface area (Å²) in [4.78, 5) is 17.2. The first-order valence-corrected chi connectivity index (χ1v) is 12.2. The van der Waals surface area contributed by atoms with E-state index in [0.717, 1.165) is 43.6 Å². The Kier molecular flexibility index (Phi) is 7.27. The van der Waals surface area contributed by atoms with Gasteiger partial charge in [-0.3, -0.25) is 14.3 Å². The highest BCUT2D eigenvalue weighted by Gasteiger charge is 2.22. The second kappa shape index (κ2) is 10.3. The van der Waals surface area contributed by atoms with Gasteiger partial charge in [0.15, 0.2) is 5.16 Å². The third kappa shape index (κ3) is 5.40. The number of nitrogens with zero attached hydrogens (tertiary/aromatic N) is 5. The number of hydrogen-bond acceptors (Lipinski definition) is 5. The van der Waals surface area contributed by atoms with Gasteiger partial charge in [0, 0.05) is 38.4 Å². The third-order valence-corrected chi connectivity index (χ3v) is 6.99. The monoisotopic (exact) mass is 449 g/mol. The molecule has 1 saturated heterocycles. The lowest BCUT2D eigenvalue weighted by Crippen LogP contribution is -2.48. The molecule has 0 bridgehead atoms. The molecule has 0 saturated carbocycles. The van der Waals surface area contributed by atoms with E-state index in [9.17, 15) is 4.79 Å². The summed E-state index contributed by atoms with van der Waals surface area (Å²) in [5.41, 5.74) is 5.00. The first kappa shape index (κ1) is 22.6. The molecule has 1 aliphatic rings. The van der Waals surface area contributed by atoms with Gasteiger partial charge in [0.2, 0.25) is 5.91 Å². The Balaban J connectivity index is 1.29. The Morgan fingerprint density at radius 2 is 1.75 bits per heavy atom. The van der Waals surface area contributed by atoms with Gasteiger partial charge in [-0.2, -0.15) is 0 Å². The van der Waals surface area contributed by atoms with Crippen LogP contribution in [0.5, 0.6) is 0 Å². The number of benzene rings is 2. The van der Waals surface area contributed by atoms with Gasteiger partial charge in [-0.05, 0) is 41.7 Å². The minimum absolute atomic E-state index is 0.162. The molecular formula is C25H31N5OS. The summed E-state index contributed by atoms with van der Waals surface area (Å²) >= 11 is 1.45. The van der Waals surface area contributed by atoms with Crippen LogP contribution in [-0.2, 0) is 11.3 Å². The van der Waals surface area contributed by atoms with Crippen LogP contribution in [0.4, 0.5) is 0 Å². The van der Waals surface area contributed by atoms with Crippen LogP contribution in [0.1, 0.15) is 36.5 Å². The van der Waals surface area contributed by atoms with Gasteiger partial charge in [-0.15, -0.1) is 10.2 Å². The average Bonchev–Trinajstić information content (AvgIpc) is 3.28. The van der Waals surface area contributed by atoms with E-state index < -0.39 is 0 Å². The molecule has 1 amide bonds. The van der Waals surface area contributed by atoms with E-state index in [0.29, 0.717) is 11.7 Å². The van der Waals surface area contributed by atoms with Gasteiger partial charge >= 0.3 is 0 Å². The van der Waals surface area contributed by atoms with Crippen molar-refractivity contribution >= 4 is 17.7 Å². The van der Waals surface area contributed by atoms with E-state index >= 15 is 0 Å². The molecule has 0 radical (unpaired) electrons. The molecular weight excluding hydrogens is 418 g/mol. The van der Waals surface area contributed by atoms with E-state index in [2.05, 4.69) is 84.4 Å². The first-order valence-electron chi connectivity index (χ1n) is 11.2. The zero-order chi connectivity index (χ0) is 22.5. The van der Waals surface area contributed by atoms with E-state index in [1.807, 2.05) is 9.47 Å². The van der Waals surface area contributed by atoms with Crippen molar-refractivity contribution in [1.29, 1.82) is 0 Å². The Hall–Kier alpha value is -2.64. The molecule has 0 aliphatic carbocycles. The van der Waals surface area contributed by atoms with Crippen molar-refractivity contribution in [2.75, 3.05) is 31.9 Å². The molecule has 2 heterocycles. The maximum Gasteiger partial charge on any atom is 0.233 e. The van der Waals surface area contributed by atoms with Gasteiger partial charge in [0.05, 0.1) is 5.75 Å². The normalized spacial score (nSPS) is 14.8. The molecule has 0 atom stereocenters. The van der Waals surface area contributed by atoms with Crippen molar-refractivity contribution < 1.29 is 4.79 Å². The maximum absolute atomic E-state index is 12.8. The molecule has 1 aliphatic heterocycles. The highest BCUT2D eigenvalue weighted by molar-refractivity contribution is 7.99. The van der Waals surface area contributed by atoms with Crippen LogP contribution in [0.15, 0.2) is 60.0 Å². The van der Waals surface area contributed by atoms with Gasteiger partial charge < -0.3 is 4.90 Å². The quantitative estimate of drug-likeness (QED) is 0.508. The fraction of sp³-hybridized carbons (Fsp3) is 0.400. The molecule has 4 rings (SSSR count). The van der Waals surface area contributed by atoms with Crippen LogP contribution in [0.3, 0.4) is 0 Å². The van der Waals surface area contributed by atoms with E-state index in [4.69, 9.17) is 0 Å². The summed E-state index contributed by atoms with van der Waals surface area (Å²) in [5, 5.41) is 9.04. The number of aryl methyl sites for hydroxylation is 1. The number of carbonyl (C=O) groups is 1. The smallest absolute Gasteiger partial charge is 0.233 e. The van der Waals surface area contributed by atoms with E-state index in [1.54, 1.807) is 6.33 Å². The summed E-state index contributed by atoms with van der Waals surface area (Å²) in [7, 11) is 0. The minimum Gasteiger partial charge on any atom is -0.339 e. The molecule has 1 aromatic heterocycles. The summed E-state index contributed by atoms with van der Waals surface area (Å²) in [6.45, 7) is 10.8. The highest BCUT2D eigenvalue weighted by atomic mass is 32.2. The number of aromatic nitrogens is 3. The number of carbonyl (C=O) groups excluding carboxylic acids is 1. The van der Waals surface area contributed by atoms with Crippen molar-refractivity contribution in [2.24, 2.45) is 0 Å². The average molecular weight is 450 g/mol. The van der Waals surface area contributed by atoms with Gasteiger partial charge in [-0.1, -0.05) is 62.0 Å². The third-order valence-electron chi connectivity index (χ3n) is 6.06. The van der Waals surface area contributed by atoms with Crippen LogP contribution in [0, 0.1) is 6.92 Å². The lowest BCUT2D eigenvalue weighted by Gasteiger charge is -2.35. The molecule has 6 nitrogen and oxygen atoms in total. The lowest BCUT2D eigenvalue weighted by molar-refractivity contribution is -0.130. The lowest BCUT2D eigenvalue weighted by atomic mass is 10.0. The largest absolute Gasteiger partial charge is 0.339 e. The molecule has 32 heavy (non-hydrogen) atoms. The predicted molar refractivity (Wildman–Crippen MR) is 129 cm³/mol. The van der Waals surface area contributed by atoms with Crippen molar-refractivity contribution in [2.45, 2.75) is 38.4 Å². The molecule has 0 N–H and O–H groups in total. The fourth-order valence-electron chi connectivity index (χ4n) is 3.92. The number of rotatable bonds is 7. The number of amides is 1. The standard InChI is InChI=1S/C25H31N5OS/c1-19(2)21-8-10-23(11-9-21)30-18-26-27-25(30)32-17-24(31)29-14-12-28(13-15-29)16-22-7-5-4-6-20(22)3/h4-11,18-19H,12-17H2,1-3H3. The molecule has 7 heteroatoms. The van der Waals surface area contributed by atoms with Gasteiger partial charge in [0.1, 0.15) is 6.33 Å². The van der Waals surface area contributed by atoms with Crippen molar-refractivity contribution in [1.82, 2.24) is 24.6 Å². The summed E-state index contributed by atoms with van der Waals surface area (Å²) in [5.74, 6) is 1.03. The Bertz CT molecular complexity index is 1040. The van der Waals surface area contributed by atoms with Crippen LogP contribution < -0.4 is 0 Å². The fourth-order valence-corrected chi connectivity index (χ4v) is 4.75. The highest BCUT2D eigenvalue weighted by Crippen LogP contribution is 2.22. The summed E-state index contributed by atoms with van der Waals surface area (Å²) in [6.07, 6.45) is 1.71. The zero-order valence-electron chi connectivity index (χ0n) is 19.1. The van der Waals surface area contributed by atoms with E-state index in [-0.39, 0.29) is 5.91 Å². The zero-order valence-corrected chi connectivity index (χ0v) is 19.9. The SMILES string of the molecule is Cc1ccccc1CN1CCN(C(=O)CSc2nncn2-c2ccc(C(C)C)cc2)CC1. The second-order valence-electron chi connectivity index (χ2n) is 8.60. The van der Waals surface area contributed by atoms with Gasteiger partial charge in [0.25, 0.3) is 0 Å². The molecule has 2 aromatic carbocycles. The molecule has 168 valence electrons. The summed E-state index contributed by atoms with van der Waals surface area (Å²) < 4.78 is 1.95. The Morgan fingerprint density at radius 1 is 1.03 bits per heavy atom. The Labute approximate surface area is 194 Å². The van der Waals surface area contributed by atoms with Gasteiger partial charge in [-0.25, -0.2) is 0 Å². The van der Waals surface area contributed by atoms with E-state index in [1.165, 1.54) is 28.5 Å². The van der Waals surface area contributed by atoms with Crippen LogP contribution in [0.2, 0.25) is 0 Å². The molecule has 0 unspecified atom stereocenters. The number of thioether (sulfide) groups is 1. The summed E-state index contributed by atoms with van der Waals surface area (Å²) in [6, 6.07) is 17.0. The Morgan fingerprint density at radius 3 is 2.44 bits per heavy atom. The van der Waals surface area contributed by atoms with Crippen molar-refractivity contribution in [3.8, 4) is 5.69 Å². The molecule has 1 fully saturated rings. The van der Waals surface area contributed by atoms with Crippen molar-refractivity contribution in [3.63, 3.8) is 0 Å². The first-order chi connectivity index (χ1) is 15.5. The van der Waals surface area contributed by atoms with Crippen LogP contribution >= 0.6 is 11.8 Å². The predicted octanol–water partition coefficient (Wildman–Crippen LogP) is 4.14. The van der Waals surface area contributed by atoms with Crippen molar-refractivity contribution in [3.05, 3.63) is 71.5 Å². The number of hydrogen-bond donors (Lipinski definition) is 0. The maximum atomic E-state index is 12.8. The van der Waals surface area contributed by atoms with Crippen LogP contribution in [0.25, 0.3) is 5.69 Å². The molecule has 0 spiro atoms. The number of piperazine rings is 1. The minimum atomic E-state index is 0.162. The molecule has 3 aromatic rings. The topological polar surface area (TPSA) is 54.3 Å². The van der Waals surface area contributed by atoms with Crippen LogP contribution in [-0.4, -0.2) is 62.4 Å².